The van der Waals surface area contributed by atoms with Crippen molar-refractivity contribution in [1.29, 1.82) is 0 Å². The summed E-state index contributed by atoms with van der Waals surface area (Å²) in [6.07, 6.45) is 7.13. The molecular weight excluding hydrogens is 250 g/mol. The second kappa shape index (κ2) is 8.72. The highest BCUT2D eigenvalue weighted by molar-refractivity contribution is 6.74. The third kappa shape index (κ3) is 7.70. The summed E-state index contributed by atoms with van der Waals surface area (Å²) < 4.78 is 6.19. The third-order valence-corrected chi connectivity index (χ3v) is 8.51. The van der Waals surface area contributed by atoms with Crippen molar-refractivity contribution in [2.75, 3.05) is 13.2 Å². The quantitative estimate of drug-likeness (QED) is 0.362. The molecule has 0 amide bonds. The van der Waals surface area contributed by atoms with E-state index in [1.165, 1.54) is 0 Å². The molecule has 3 heteroatoms. The molecule has 1 N–H and O–H groups in total. The van der Waals surface area contributed by atoms with E-state index in [-0.39, 0.29) is 0 Å². The molecule has 0 saturated heterocycles. The summed E-state index contributed by atoms with van der Waals surface area (Å²) >= 11 is 0. The second-order valence-corrected chi connectivity index (χ2v) is 11.5. The number of hydrogen-bond acceptors (Lipinski definition) is 2. The van der Waals surface area contributed by atoms with E-state index in [9.17, 15) is 0 Å². The van der Waals surface area contributed by atoms with Crippen molar-refractivity contribution >= 4 is 8.32 Å². The van der Waals surface area contributed by atoms with Gasteiger partial charge in [-0.3, -0.25) is 0 Å². The zero-order valence-electron chi connectivity index (χ0n) is 13.6. The van der Waals surface area contributed by atoms with Crippen molar-refractivity contribution in [3.05, 3.63) is 25.3 Å². The standard InChI is InChI=1S/C16H33NOSi/c1-8-11-15(17-13-9-2)12-10-14-18-19(6,7)16(3,4)5/h8-9,15,17H,1-2,10-14H2,3-7H3/t15-/m1/s1. The fourth-order valence-corrected chi connectivity index (χ4v) is 2.72. The molecule has 0 aliphatic heterocycles. The van der Waals surface area contributed by atoms with Crippen LogP contribution in [0.15, 0.2) is 25.3 Å². The monoisotopic (exact) mass is 283 g/mol. The van der Waals surface area contributed by atoms with Crippen LogP contribution in [0.25, 0.3) is 0 Å². The van der Waals surface area contributed by atoms with Crippen LogP contribution in [0, 0.1) is 0 Å². The van der Waals surface area contributed by atoms with Crippen LogP contribution in [0.1, 0.15) is 40.0 Å². The van der Waals surface area contributed by atoms with Gasteiger partial charge in [0.1, 0.15) is 0 Å². The Kier molecular flexibility index (Phi) is 8.55. The van der Waals surface area contributed by atoms with Gasteiger partial charge in [-0.2, -0.15) is 0 Å². The Balaban J connectivity index is 3.99. The molecule has 0 aliphatic carbocycles. The Labute approximate surface area is 121 Å². The van der Waals surface area contributed by atoms with Gasteiger partial charge in [0.2, 0.25) is 0 Å². The van der Waals surface area contributed by atoms with Crippen LogP contribution in [0.4, 0.5) is 0 Å². The Hall–Kier alpha value is -0.383. The predicted octanol–water partition coefficient (Wildman–Crippen LogP) is 4.51. The van der Waals surface area contributed by atoms with Crippen LogP contribution in [0.5, 0.6) is 0 Å². The summed E-state index contributed by atoms with van der Waals surface area (Å²) in [5.41, 5.74) is 0. The molecule has 0 spiro atoms. The maximum atomic E-state index is 6.19. The first-order valence-corrected chi connectivity index (χ1v) is 10.2. The summed E-state index contributed by atoms with van der Waals surface area (Å²) in [5, 5.41) is 3.76. The van der Waals surface area contributed by atoms with Gasteiger partial charge in [-0.15, -0.1) is 13.2 Å². The van der Waals surface area contributed by atoms with Crippen molar-refractivity contribution in [2.45, 2.75) is 64.2 Å². The Bertz CT molecular complexity index is 268. The third-order valence-electron chi connectivity index (χ3n) is 3.97. The van der Waals surface area contributed by atoms with E-state index in [0.717, 1.165) is 32.4 Å². The molecule has 0 radical (unpaired) electrons. The van der Waals surface area contributed by atoms with Crippen molar-refractivity contribution in [1.82, 2.24) is 5.32 Å². The van der Waals surface area contributed by atoms with Crippen LogP contribution in [0.3, 0.4) is 0 Å². The van der Waals surface area contributed by atoms with E-state index in [2.05, 4.69) is 52.3 Å². The molecule has 1 atom stereocenters. The van der Waals surface area contributed by atoms with Crippen molar-refractivity contribution in [3.63, 3.8) is 0 Å². The lowest BCUT2D eigenvalue weighted by atomic mass is 10.1. The number of rotatable bonds is 10. The molecule has 19 heavy (non-hydrogen) atoms. The van der Waals surface area contributed by atoms with E-state index in [1.54, 1.807) is 0 Å². The molecule has 0 aromatic rings. The Morgan fingerprint density at radius 1 is 1.21 bits per heavy atom. The first-order chi connectivity index (χ1) is 8.74. The second-order valence-electron chi connectivity index (χ2n) is 6.67. The van der Waals surface area contributed by atoms with Crippen LogP contribution in [-0.2, 0) is 4.43 Å². The van der Waals surface area contributed by atoms with Gasteiger partial charge < -0.3 is 9.74 Å². The number of nitrogens with one attached hydrogen (secondary N) is 1. The molecular formula is C16H33NOSi. The lowest BCUT2D eigenvalue weighted by Gasteiger charge is -2.36. The van der Waals surface area contributed by atoms with Gasteiger partial charge in [0.25, 0.3) is 0 Å². The van der Waals surface area contributed by atoms with Crippen LogP contribution in [0.2, 0.25) is 18.1 Å². The van der Waals surface area contributed by atoms with E-state index in [0.29, 0.717) is 11.1 Å². The van der Waals surface area contributed by atoms with E-state index in [4.69, 9.17) is 4.43 Å². The van der Waals surface area contributed by atoms with Crippen LogP contribution < -0.4 is 5.32 Å². The maximum Gasteiger partial charge on any atom is 0.191 e. The van der Waals surface area contributed by atoms with E-state index < -0.39 is 8.32 Å². The fraction of sp³-hybridized carbons (Fsp3) is 0.750. The van der Waals surface area contributed by atoms with Crippen LogP contribution >= 0.6 is 0 Å². The van der Waals surface area contributed by atoms with Gasteiger partial charge in [-0.1, -0.05) is 32.9 Å². The minimum absolute atomic E-state index is 0.300. The van der Waals surface area contributed by atoms with Crippen LogP contribution in [-0.4, -0.2) is 27.5 Å². The predicted molar refractivity (Wildman–Crippen MR) is 89.2 cm³/mol. The first kappa shape index (κ1) is 18.6. The average Bonchev–Trinajstić information content (AvgIpc) is 2.29. The molecule has 0 unspecified atom stereocenters. The minimum atomic E-state index is -1.58. The molecule has 0 bridgehead atoms. The topological polar surface area (TPSA) is 21.3 Å². The van der Waals surface area contributed by atoms with Crippen molar-refractivity contribution < 1.29 is 4.43 Å². The summed E-state index contributed by atoms with van der Waals surface area (Å²) in [7, 11) is -1.58. The zero-order valence-corrected chi connectivity index (χ0v) is 14.6. The maximum absolute atomic E-state index is 6.19. The lowest BCUT2D eigenvalue weighted by Crippen LogP contribution is -2.41. The smallest absolute Gasteiger partial charge is 0.191 e. The Morgan fingerprint density at radius 2 is 1.84 bits per heavy atom. The van der Waals surface area contributed by atoms with Crippen molar-refractivity contribution in [3.8, 4) is 0 Å². The van der Waals surface area contributed by atoms with Crippen molar-refractivity contribution in [2.24, 2.45) is 0 Å². The largest absolute Gasteiger partial charge is 0.417 e. The highest BCUT2D eigenvalue weighted by Crippen LogP contribution is 2.36. The summed E-state index contributed by atoms with van der Waals surface area (Å²) in [6.45, 7) is 20.8. The van der Waals surface area contributed by atoms with Gasteiger partial charge in [0.05, 0.1) is 0 Å². The van der Waals surface area contributed by atoms with Gasteiger partial charge in [-0.25, -0.2) is 0 Å². The zero-order chi connectivity index (χ0) is 14.9. The van der Waals surface area contributed by atoms with Gasteiger partial charge in [-0.05, 0) is 37.4 Å². The summed E-state index contributed by atoms with van der Waals surface area (Å²) in [5.74, 6) is 0. The van der Waals surface area contributed by atoms with Gasteiger partial charge in [0, 0.05) is 19.2 Å². The molecule has 0 fully saturated rings. The molecule has 0 aliphatic rings. The van der Waals surface area contributed by atoms with Gasteiger partial charge >= 0.3 is 0 Å². The molecule has 0 rings (SSSR count). The SMILES string of the molecule is C=CCN[C@H](CC=C)CCCO[Si](C)(C)C(C)(C)C. The summed E-state index contributed by atoms with van der Waals surface area (Å²) in [4.78, 5) is 0. The molecule has 112 valence electrons. The average molecular weight is 284 g/mol. The first-order valence-electron chi connectivity index (χ1n) is 7.33. The summed E-state index contributed by atoms with van der Waals surface area (Å²) in [6, 6.07) is 0.499. The fourth-order valence-electron chi connectivity index (χ4n) is 1.63. The molecule has 2 nitrogen and oxygen atoms in total. The number of hydrogen-bond donors (Lipinski definition) is 1. The molecule has 0 aromatic heterocycles. The lowest BCUT2D eigenvalue weighted by molar-refractivity contribution is 0.271. The highest BCUT2D eigenvalue weighted by atomic mass is 28.4. The van der Waals surface area contributed by atoms with Gasteiger partial charge in [0.15, 0.2) is 8.32 Å². The molecule has 0 heterocycles. The highest BCUT2D eigenvalue weighted by Gasteiger charge is 2.36. The van der Waals surface area contributed by atoms with E-state index >= 15 is 0 Å². The van der Waals surface area contributed by atoms with E-state index in [1.807, 2.05) is 12.2 Å². The normalized spacial score (nSPS) is 14.2. The Morgan fingerprint density at radius 3 is 2.32 bits per heavy atom. The minimum Gasteiger partial charge on any atom is -0.417 e. The molecule has 0 saturated carbocycles. The molecule has 0 aromatic carbocycles.